The molecular weight excluding hydrogens is 256 g/mol. The van der Waals surface area contributed by atoms with Crippen LogP contribution in [0.1, 0.15) is 28.2 Å². The zero-order chi connectivity index (χ0) is 14.4. The van der Waals surface area contributed by atoms with Crippen LogP contribution in [-0.4, -0.2) is 5.11 Å². The van der Waals surface area contributed by atoms with Gasteiger partial charge in [0.05, 0.1) is 0 Å². The van der Waals surface area contributed by atoms with Gasteiger partial charge in [-0.1, -0.05) is 54.6 Å². The summed E-state index contributed by atoms with van der Waals surface area (Å²) in [5.74, 6) is 0.591. The molecule has 0 aromatic heterocycles. The first-order valence-electron chi connectivity index (χ1n) is 7.23. The Labute approximate surface area is 124 Å². The maximum absolute atomic E-state index is 9.67. The minimum Gasteiger partial charge on any atom is -0.508 e. The summed E-state index contributed by atoms with van der Waals surface area (Å²) in [5.41, 5.74) is 7.76. The van der Waals surface area contributed by atoms with Gasteiger partial charge in [-0.05, 0) is 52.4 Å². The molecule has 0 amide bonds. The first kappa shape index (κ1) is 12.2. The second-order valence-electron chi connectivity index (χ2n) is 5.65. The second kappa shape index (κ2) is 4.49. The number of fused-ring (bicyclic) bond motifs is 3. The van der Waals surface area contributed by atoms with E-state index in [-0.39, 0.29) is 5.92 Å². The summed E-state index contributed by atoms with van der Waals surface area (Å²) in [6.45, 7) is 2.07. The van der Waals surface area contributed by atoms with Crippen LogP contribution in [0, 0.1) is 6.92 Å². The van der Waals surface area contributed by atoms with Crippen LogP contribution in [0.4, 0.5) is 0 Å². The predicted molar refractivity (Wildman–Crippen MR) is 85.7 cm³/mol. The Balaban J connectivity index is 2.01. The fourth-order valence-electron chi connectivity index (χ4n) is 3.47. The molecule has 1 nitrogen and oxygen atoms in total. The van der Waals surface area contributed by atoms with Gasteiger partial charge in [0.2, 0.25) is 0 Å². The molecule has 0 unspecified atom stereocenters. The van der Waals surface area contributed by atoms with E-state index in [0.717, 1.165) is 5.56 Å². The monoisotopic (exact) mass is 272 g/mol. The third-order valence-corrected chi connectivity index (χ3v) is 4.40. The molecule has 1 aliphatic carbocycles. The van der Waals surface area contributed by atoms with Gasteiger partial charge < -0.3 is 5.11 Å². The van der Waals surface area contributed by atoms with Crippen LogP contribution in [0.2, 0.25) is 0 Å². The fourth-order valence-corrected chi connectivity index (χ4v) is 3.47. The van der Waals surface area contributed by atoms with E-state index in [1.807, 2.05) is 12.1 Å². The van der Waals surface area contributed by atoms with Crippen molar-refractivity contribution in [1.82, 2.24) is 0 Å². The lowest BCUT2D eigenvalue weighted by Crippen LogP contribution is -2.01. The standard InChI is InChI=1S/C20H16O/c1-13-12-14(21)10-11-15(13)20-18-8-4-2-6-16(18)17-7-3-5-9-19(17)20/h2-12,20-21H,1H3. The molecule has 0 atom stereocenters. The van der Waals surface area contributed by atoms with Crippen molar-refractivity contribution in [3.63, 3.8) is 0 Å². The predicted octanol–water partition coefficient (Wildman–Crippen LogP) is 4.86. The maximum Gasteiger partial charge on any atom is 0.115 e. The lowest BCUT2D eigenvalue weighted by molar-refractivity contribution is 0.474. The SMILES string of the molecule is Cc1cc(O)ccc1C1c2ccccc2-c2ccccc21. The van der Waals surface area contributed by atoms with Crippen LogP contribution < -0.4 is 0 Å². The minimum atomic E-state index is 0.262. The molecule has 0 bridgehead atoms. The van der Waals surface area contributed by atoms with Crippen molar-refractivity contribution in [3.8, 4) is 16.9 Å². The van der Waals surface area contributed by atoms with Crippen LogP contribution in [0.15, 0.2) is 66.7 Å². The maximum atomic E-state index is 9.67. The van der Waals surface area contributed by atoms with Crippen LogP contribution in [0.5, 0.6) is 5.75 Å². The molecule has 1 aliphatic rings. The molecule has 4 rings (SSSR count). The molecule has 3 aromatic rings. The Bertz CT molecular complexity index is 787. The molecular formula is C20H16O. The normalized spacial score (nSPS) is 13.0. The number of benzene rings is 3. The summed E-state index contributed by atoms with van der Waals surface area (Å²) in [7, 11) is 0. The molecule has 1 heteroatoms. The van der Waals surface area contributed by atoms with Gasteiger partial charge in [-0.2, -0.15) is 0 Å². The molecule has 102 valence electrons. The van der Waals surface area contributed by atoms with E-state index in [4.69, 9.17) is 0 Å². The lowest BCUT2D eigenvalue weighted by Gasteiger charge is -2.17. The molecule has 0 aliphatic heterocycles. The summed E-state index contributed by atoms with van der Waals surface area (Å²) in [5, 5.41) is 9.67. The van der Waals surface area contributed by atoms with Gasteiger partial charge in [-0.3, -0.25) is 0 Å². The summed E-state index contributed by atoms with van der Waals surface area (Å²) in [4.78, 5) is 0. The van der Waals surface area contributed by atoms with E-state index >= 15 is 0 Å². The Morgan fingerprint density at radius 3 is 1.86 bits per heavy atom. The van der Waals surface area contributed by atoms with Gasteiger partial charge in [-0.25, -0.2) is 0 Å². The van der Waals surface area contributed by atoms with Crippen molar-refractivity contribution in [2.75, 3.05) is 0 Å². The average Bonchev–Trinajstić information content (AvgIpc) is 2.82. The molecule has 0 radical (unpaired) electrons. The number of aryl methyl sites for hydroxylation is 1. The molecule has 0 saturated carbocycles. The zero-order valence-corrected chi connectivity index (χ0v) is 11.9. The first-order chi connectivity index (χ1) is 10.3. The Hall–Kier alpha value is -2.54. The zero-order valence-electron chi connectivity index (χ0n) is 11.9. The van der Waals surface area contributed by atoms with Gasteiger partial charge in [0, 0.05) is 5.92 Å². The number of phenols is 1. The molecule has 1 N–H and O–H groups in total. The average molecular weight is 272 g/mol. The highest BCUT2D eigenvalue weighted by Crippen LogP contribution is 2.48. The number of hydrogen-bond acceptors (Lipinski definition) is 1. The van der Waals surface area contributed by atoms with E-state index in [9.17, 15) is 5.11 Å². The first-order valence-corrected chi connectivity index (χ1v) is 7.23. The van der Waals surface area contributed by atoms with E-state index in [2.05, 4.69) is 55.5 Å². The van der Waals surface area contributed by atoms with Crippen molar-refractivity contribution in [3.05, 3.63) is 89.0 Å². The van der Waals surface area contributed by atoms with E-state index in [1.54, 1.807) is 6.07 Å². The van der Waals surface area contributed by atoms with Crippen LogP contribution in [0.25, 0.3) is 11.1 Å². The molecule has 21 heavy (non-hydrogen) atoms. The summed E-state index contributed by atoms with van der Waals surface area (Å²) in [6.07, 6.45) is 0. The molecule has 0 fully saturated rings. The molecule has 3 aromatic carbocycles. The van der Waals surface area contributed by atoms with Gasteiger partial charge in [0.25, 0.3) is 0 Å². The van der Waals surface area contributed by atoms with Gasteiger partial charge >= 0.3 is 0 Å². The lowest BCUT2D eigenvalue weighted by atomic mass is 9.87. The van der Waals surface area contributed by atoms with E-state index < -0.39 is 0 Å². The number of phenolic OH excluding ortho intramolecular Hbond substituents is 1. The van der Waals surface area contributed by atoms with E-state index in [0.29, 0.717) is 5.75 Å². The minimum absolute atomic E-state index is 0.262. The fraction of sp³-hybridized carbons (Fsp3) is 0.100. The van der Waals surface area contributed by atoms with Crippen LogP contribution in [0.3, 0.4) is 0 Å². The highest BCUT2D eigenvalue weighted by molar-refractivity contribution is 5.80. The van der Waals surface area contributed by atoms with Crippen molar-refractivity contribution >= 4 is 0 Å². The van der Waals surface area contributed by atoms with Crippen LogP contribution >= 0.6 is 0 Å². The van der Waals surface area contributed by atoms with Crippen molar-refractivity contribution in [1.29, 1.82) is 0 Å². The number of hydrogen-bond donors (Lipinski definition) is 1. The summed E-state index contributed by atoms with van der Waals surface area (Å²) >= 11 is 0. The van der Waals surface area contributed by atoms with Gasteiger partial charge in [0.1, 0.15) is 5.75 Å². The van der Waals surface area contributed by atoms with Gasteiger partial charge in [0.15, 0.2) is 0 Å². The quantitative estimate of drug-likeness (QED) is 0.524. The number of aromatic hydroxyl groups is 1. The Morgan fingerprint density at radius 1 is 0.714 bits per heavy atom. The third kappa shape index (κ3) is 1.78. The highest BCUT2D eigenvalue weighted by atomic mass is 16.3. The van der Waals surface area contributed by atoms with Crippen molar-refractivity contribution in [2.45, 2.75) is 12.8 Å². The smallest absolute Gasteiger partial charge is 0.115 e. The van der Waals surface area contributed by atoms with Crippen molar-refractivity contribution in [2.24, 2.45) is 0 Å². The summed E-state index contributed by atoms with van der Waals surface area (Å²) in [6, 6.07) is 22.9. The van der Waals surface area contributed by atoms with Crippen LogP contribution in [-0.2, 0) is 0 Å². The Morgan fingerprint density at radius 2 is 1.29 bits per heavy atom. The molecule has 0 saturated heterocycles. The molecule has 0 spiro atoms. The third-order valence-electron chi connectivity index (χ3n) is 4.40. The van der Waals surface area contributed by atoms with Gasteiger partial charge in [-0.15, -0.1) is 0 Å². The summed E-state index contributed by atoms with van der Waals surface area (Å²) < 4.78 is 0. The highest BCUT2D eigenvalue weighted by Gasteiger charge is 2.29. The number of rotatable bonds is 1. The topological polar surface area (TPSA) is 20.2 Å². The molecule has 0 heterocycles. The van der Waals surface area contributed by atoms with Crippen molar-refractivity contribution < 1.29 is 5.11 Å². The Kier molecular flexibility index (Phi) is 2.61. The largest absolute Gasteiger partial charge is 0.508 e. The second-order valence-corrected chi connectivity index (χ2v) is 5.65. The van der Waals surface area contributed by atoms with E-state index in [1.165, 1.54) is 27.8 Å².